The molecule has 0 spiro atoms. The van der Waals surface area contributed by atoms with Gasteiger partial charge in [-0.3, -0.25) is 14.5 Å². The number of piperidine rings is 1. The highest BCUT2D eigenvalue weighted by molar-refractivity contribution is 6.35. The quantitative estimate of drug-likeness (QED) is 0.286. The highest BCUT2D eigenvalue weighted by Gasteiger charge is 2.24. The Hall–Kier alpha value is -3.51. The van der Waals surface area contributed by atoms with Crippen molar-refractivity contribution in [1.29, 1.82) is 0 Å². The molecule has 1 atom stereocenters. The van der Waals surface area contributed by atoms with Gasteiger partial charge in [0, 0.05) is 67.2 Å². The van der Waals surface area contributed by atoms with Crippen LogP contribution in [0.4, 0.5) is 5.95 Å². The van der Waals surface area contributed by atoms with Crippen molar-refractivity contribution in [2.75, 3.05) is 44.2 Å². The van der Waals surface area contributed by atoms with Crippen LogP contribution in [0.5, 0.6) is 11.6 Å². The Morgan fingerprint density at radius 2 is 1.64 bits per heavy atom. The van der Waals surface area contributed by atoms with Crippen molar-refractivity contribution < 1.29 is 24.5 Å². The second kappa shape index (κ2) is 15.2. The Bertz CT molecular complexity index is 1460. The Balaban J connectivity index is 1.27. The molecule has 2 saturated heterocycles. The van der Waals surface area contributed by atoms with Gasteiger partial charge in [-0.05, 0) is 75.0 Å². The molecule has 2 aromatic heterocycles. The molecule has 1 amide bonds. The molecule has 45 heavy (non-hydrogen) atoms. The van der Waals surface area contributed by atoms with Gasteiger partial charge in [0.05, 0.1) is 24.2 Å². The van der Waals surface area contributed by atoms with Gasteiger partial charge in [0.2, 0.25) is 17.7 Å². The van der Waals surface area contributed by atoms with Crippen LogP contribution >= 0.6 is 23.2 Å². The number of rotatable bonds is 11. The normalized spacial score (nSPS) is 16.9. The topological polar surface area (TPSA) is 132 Å². The van der Waals surface area contributed by atoms with Gasteiger partial charge in [0.1, 0.15) is 0 Å². The molecule has 1 aromatic carbocycles. The Kier molecular flexibility index (Phi) is 11.1. The van der Waals surface area contributed by atoms with Gasteiger partial charge in [-0.2, -0.15) is 0 Å². The van der Waals surface area contributed by atoms with Crippen LogP contribution in [0.25, 0.3) is 11.3 Å². The van der Waals surface area contributed by atoms with Gasteiger partial charge in [-0.25, -0.2) is 15.0 Å². The van der Waals surface area contributed by atoms with Crippen molar-refractivity contribution in [3.8, 4) is 22.9 Å². The number of likely N-dealkylation sites (tertiary alicyclic amines) is 1. The standard InChI is InChI=1S/C32H38Cl2N6O5/c1-21(41)2-3-30(42)39-8-10-40(11-9-39)32-35-18-27(19-36-32)45-29-13-23(20-38-6-4-22(5-7-38)14-31(43)44)12-28(37-29)24-15-25(33)17-26(34)16-24/h12-13,15-19,21-22,41H,2-11,14,20H2,1H3,(H,43,44). The van der Waals surface area contributed by atoms with Crippen LogP contribution in [0.2, 0.25) is 10.0 Å². The molecule has 13 heteroatoms. The molecule has 2 aliphatic rings. The minimum absolute atomic E-state index is 0.0528. The highest BCUT2D eigenvalue weighted by Crippen LogP contribution is 2.31. The molecule has 3 aromatic rings. The second-order valence-electron chi connectivity index (χ2n) is 11.8. The molecule has 2 fully saturated rings. The number of anilines is 1. The lowest BCUT2D eigenvalue weighted by molar-refractivity contribution is -0.138. The fourth-order valence-electron chi connectivity index (χ4n) is 5.70. The van der Waals surface area contributed by atoms with Crippen LogP contribution in [0.15, 0.2) is 42.7 Å². The number of piperazine rings is 1. The van der Waals surface area contributed by atoms with Crippen LogP contribution in [0.3, 0.4) is 0 Å². The van der Waals surface area contributed by atoms with Gasteiger partial charge in [-0.1, -0.05) is 23.2 Å². The van der Waals surface area contributed by atoms with E-state index < -0.39 is 12.1 Å². The predicted octanol–water partition coefficient (Wildman–Crippen LogP) is 5.13. The zero-order chi connectivity index (χ0) is 31.9. The molecule has 5 rings (SSSR count). The molecule has 0 bridgehead atoms. The number of aromatic nitrogens is 3. The molecular weight excluding hydrogens is 619 g/mol. The number of carbonyl (C=O) groups excluding carboxylic acids is 1. The van der Waals surface area contributed by atoms with E-state index in [1.165, 1.54) is 0 Å². The smallest absolute Gasteiger partial charge is 0.303 e. The zero-order valence-electron chi connectivity index (χ0n) is 25.2. The van der Waals surface area contributed by atoms with Crippen LogP contribution in [-0.2, 0) is 16.1 Å². The molecule has 11 nitrogen and oxygen atoms in total. The van der Waals surface area contributed by atoms with Crippen LogP contribution in [0, 0.1) is 5.92 Å². The van der Waals surface area contributed by atoms with Crippen molar-refractivity contribution in [1.82, 2.24) is 24.8 Å². The maximum Gasteiger partial charge on any atom is 0.303 e. The molecule has 2 aliphatic heterocycles. The SMILES string of the molecule is CC(O)CCC(=O)N1CCN(c2ncc(Oc3cc(CN4CCC(CC(=O)O)CC4)cc(-c4cc(Cl)cc(Cl)c4)n3)cn2)CC1. The minimum atomic E-state index is -0.745. The van der Waals surface area contributed by atoms with E-state index in [0.717, 1.165) is 37.1 Å². The maximum atomic E-state index is 12.4. The van der Waals surface area contributed by atoms with Gasteiger partial charge >= 0.3 is 5.97 Å². The molecule has 240 valence electrons. The van der Waals surface area contributed by atoms with E-state index in [1.807, 2.05) is 21.9 Å². The number of aliphatic hydroxyl groups is 1. The number of aliphatic hydroxyl groups excluding tert-OH is 1. The van der Waals surface area contributed by atoms with Crippen molar-refractivity contribution in [3.05, 3.63) is 58.3 Å². The van der Waals surface area contributed by atoms with Gasteiger partial charge in [0.15, 0.2) is 5.75 Å². The first-order valence-corrected chi connectivity index (χ1v) is 16.0. The summed E-state index contributed by atoms with van der Waals surface area (Å²) in [5.74, 6) is 0.873. The number of carboxylic acids is 1. The van der Waals surface area contributed by atoms with E-state index in [1.54, 1.807) is 37.5 Å². The van der Waals surface area contributed by atoms with Gasteiger partial charge in [0.25, 0.3) is 0 Å². The Morgan fingerprint density at radius 1 is 0.978 bits per heavy atom. The predicted molar refractivity (Wildman–Crippen MR) is 172 cm³/mol. The summed E-state index contributed by atoms with van der Waals surface area (Å²) in [6.45, 7) is 6.35. The summed E-state index contributed by atoms with van der Waals surface area (Å²) in [5.41, 5.74) is 2.40. The van der Waals surface area contributed by atoms with E-state index in [4.69, 9.17) is 38.0 Å². The fourth-order valence-corrected chi connectivity index (χ4v) is 6.22. The largest absolute Gasteiger partial charge is 0.481 e. The first-order chi connectivity index (χ1) is 21.6. The average Bonchev–Trinajstić information content (AvgIpc) is 3.00. The third-order valence-electron chi connectivity index (χ3n) is 8.12. The van der Waals surface area contributed by atoms with E-state index in [9.17, 15) is 14.7 Å². The number of ether oxygens (including phenoxy) is 1. The lowest BCUT2D eigenvalue weighted by atomic mass is 9.93. The van der Waals surface area contributed by atoms with E-state index in [0.29, 0.717) is 78.9 Å². The third kappa shape index (κ3) is 9.49. The summed E-state index contributed by atoms with van der Waals surface area (Å²) >= 11 is 12.6. The van der Waals surface area contributed by atoms with Crippen molar-refractivity contribution >= 4 is 41.0 Å². The molecule has 2 N–H and O–H groups in total. The number of amides is 1. The Morgan fingerprint density at radius 3 is 2.27 bits per heavy atom. The van der Waals surface area contributed by atoms with Gasteiger partial charge in [-0.15, -0.1) is 0 Å². The number of nitrogens with zero attached hydrogens (tertiary/aromatic N) is 6. The summed E-state index contributed by atoms with van der Waals surface area (Å²) in [4.78, 5) is 43.5. The molecule has 4 heterocycles. The molecule has 0 aliphatic carbocycles. The van der Waals surface area contributed by atoms with E-state index in [2.05, 4.69) is 14.9 Å². The summed E-state index contributed by atoms with van der Waals surface area (Å²) in [6, 6.07) is 9.16. The number of hydrogen-bond acceptors (Lipinski definition) is 9. The molecule has 0 radical (unpaired) electrons. The summed E-state index contributed by atoms with van der Waals surface area (Å²) in [5, 5.41) is 19.6. The van der Waals surface area contributed by atoms with Crippen LogP contribution in [0.1, 0.15) is 44.6 Å². The van der Waals surface area contributed by atoms with E-state index >= 15 is 0 Å². The fraction of sp³-hybridized carbons (Fsp3) is 0.469. The number of carbonyl (C=O) groups is 2. The number of benzene rings is 1. The number of halogens is 2. The number of carboxylic acid groups (broad SMARTS) is 1. The molecule has 0 saturated carbocycles. The van der Waals surface area contributed by atoms with Crippen molar-refractivity contribution in [2.45, 2.75) is 51.7 Å². The second-order valence-corrected chi connectivity index (χ2v) is 12.6. The van der Waals surface area contributed by atoms with Crippen LogP contribution < -0.4 is 9.64 Å². The number of hydrogen-bond donors (Lipinski definition) is 2. The summed E-state index contributed by atoms with van der Waals surface area (Å²) < 4.78 is 6.15. The minimum Gasteiger partial charge on any atom is -0.481 e. The monoisotopic (exact) mass is 656 g/mol. The number of pyridine rings is 1. The first-order valence-electron chi connectivity index (χ1n) is 15.2. The van der Waals surface area contributed by atoms with E-state index in [-0.39, 0.29) is 18.2 Å². The average molecular weight is 658 g/mol. The van der Waals surface area contributed by atoms with Crippen LogP contribution in [-0.4, -0.2) is 92.2 Å². The lowest BCUT2D eigenvalue weighted by Gasteiger charge is -2.34. The summed E-state index contributed by atoms with van der Waals surface area (Å²) in [7, 11) is 0. The van der Waals surface area contributed by atoms with Gasteiger partial charge < -0.3 is 24.7 Å². The highest BCUT2D eigenvalue weighted by atomic mass is 35.5. The lowest BCUT2D eigenvalue weighted by Crippen LogP contribution is -2.49. The maximum absolute atomic E-state index is 12.4. The number of aliphatic carboxylic acids is 1. The Labute approximate surface area is 272 Å². The van der Waals surface area contributed by atoms with Crippen molar-refractivity contribution in [2.24, 2.45) is 5.92 Å². The third-order valence-corrected chi connectivity index (χ3v) is 8.56. The first kappa shape index (κ1) is 32.9. The zero-order valence-corrected chi connectivity index (χ0v) is 26.8. The summed E-state index contributed by atoms with van der Waals surface area (Å²) in [6.07, 6.45) is 5.43. The molecular formula is C32H38Cl2N6O5. The van der Waals surface area contributed by atoms with Crippen molar-refractivity contribution in [3.63, 3.8) is 0 Å². The molecule has 1 unspecified atom stereocenters.